The van der Waals surface area contributed by atoms with Crippen molar-refractivity contribution in [3.05, 3.63) is 17.3 Å². The van der Waals surface area contributed by atoms with E-state index < -0.39 is 0 Å². The second-order valence-electron chi connectivity index (χ2n) is 5.76. The van der Waals surface area contributed by atoms with Gasteiger partial charge in [0.2, 0.25) is 0 Å². The van der Waals surface area contributed by atoms with Crippen LogP contribution in [-0.4, -0.2) is 67.5 Å². The predicted molar refractivity (Wildman–Crippen MR) is 87.4 cm³/mol. The molecule has 0 aromatic carbocycles. The van der Waals surface area contributed by atoms with E-state index in [1.54, 1.807) is 18.2 Å². The fourth-order valence-corrected chi connectivity index (χ4v) is 4.47. The molecule has 1 N–H and O–H groups in total. The lowest BCUT2D eigenvalue weighted by molar-refractivity contribution is 0.0778. The number of carbonyl (C=O) groups excluding carboxylic acids is 1. The molecule has 8 heteroatoms. The number of likely N-dealkylation sites (N-methyl/N-ethyl adjacent to an activating group) is 1. The third-order valence-corrected chi connectivity index (χ3v) is 5.49. The Balaban J connectivity index is 1.89. The number of hydrogen-bond donors (Lipinski definition) is 1. The van der Waals surface area contributed by atoms with Crippen LogP contribution in [0, 0.1) is 0 Å². The molecule has 1 amide bonds. The predicted octanol–water partition coefficient (Wildman–Crippen LogP) is 1.44. The number of aromatic amines is 1. The van der Waals surface area contributed by atoms with Gasteiger partial charge >= 0.3 is 0 Å². The van der Waals surface area contributed by atoms with Crippen molar-refractivity contribution < 1.29 is 14.3 Å². The molecule has 4 rings (SSSR count). The Morgan fingerprint density at radius 3 is 3.13 bits per heavy atom. The summed E-state index contributed by atoms with van der Waals surface area (Å²) in [5, 5.41) is 6.83. The maximum absolute atomic E-state index is 12.8. The molecule has 0 radical (unpaired) electrons. The van der Waals surface area contributed by atoms with Gasteiger partial charge in [-0.25, -0.2) is 0 Å². The Hall–Kier alpha value is -2.06. The van der Waals surface area contributed by atoms with Crippen molar-refractivity contribution in [2.24, 2.45) is 0 Å². The van der Waals surface area contributed by atoms with Crippen molar-refractivity contribution >= 4 is 22.9 Å². The van der Waals surface area contributed by atoms with E-state index in [1.807, 2.05) is 13.2 Å². The molecule has 0 saturated carbocycles. The number of ether oxygens (including phenoxy) is 2. The normalized spacial score (nSPS) is 20.3. The summed E-state index contributed by atoms with van der Waals surface area (Å²) in [6.07, 6.45) is 3.58. The average molecular weight is 334 g/mol. The van der Waals surface area contributed by atoms with E-state index in [9.17, 15) is 4.79 Å². The fraction of sp³-hybridized carbons (Fsp3) is 0.467. The van der Waals surface area contributed by atoms with Crippen molar-refractivity contribution in [2.45, 2.75) is 6.04 Å². The minimum atomic E-state index is 0.0371. The van der Waals surface area contributed by atoms with Gasteiger partial charge in [0.1, 0.15) is 17.2 Å². The highest BCUT2D eigenvalue weighted by molar-refractivity contribution is 7.18. The second-order valence-corrected chi connectivity index (χ2v) is 6.78. The van der Waals surface area contributed by atoms with Gasteiger partial charge in [0.25, 0.3) is 5.91 Å². The molecule has 1 unspecified atom stereocenters. The number of nitrogens with zero attached hydrogens (tertiary/aromatic N) is 3. The van der Waals surface area contributed by atoms with E-state index in [0.717, 1.165) is 33.3 Å². The van der Waals surface area contributed by atoms with Crippen LogP contribution in [0.2, 0.25) is 0 Å². The smallest absolute Gasteiger partial charge is 0.266 e. The van der Waals surface area contributed by atoms with Gasteiger partial charge in [0.15, 0.2) is 5.75 Å². The van der Waals surface area contributed by atoms with Crippen LogP contribution in [0.1, 0.15) is 9.67 Å². The number of rotatable bonds is 3. The number of anilines is 1. The Kier molecular flexibility index (Phi) is 3.50. The van der Waals surface area contributed by atoms with Gasteiger partial charge in [-0.3, -0.25) is 9.89 Å². The highest BCUT2D eigenvalue weighted by atomic mass is 32.1. The molecule has 4 heterocycles. The lowest BCUT2D eigenvalue weighted by Crippen LogP contribution is -2.47. The van der Waals surface area contributed by atoms with Crippen LogP contribution in [0.25, 0.3) is 10.4 Å². The van der Waals surface area contributed by atoms with Gasteiger partial charge in [-0.2, -0.15) is 5.10 Å². The van der Waals surface area contributed by atoms with Crippen molar-refractivity contribution in [1.29, 1.82) is 0 Å². The highest BCUT2D eigenvalue weighted by Crippen LogP contribution is 2.51. The topological polar surface area (TPSA) is 70.7 Å². The number of amides is 1. The second kappa shape index (κ2) is 5.54. The first-order valence-corrected chi connectivity index (χ1v) is 8.32. The number of methoxy groups -OCH3 is 1. The first kappa shape index (κ1) is 14.5. The minimum Gasteiger partial charge on any atom is -0.488 e. The largest absolute Gasteiger partial charge is 0.488 e. The number of aromatic nitrogens is 2. The van der Waals surface area contributed by atoms with Crippen LogP contribution in [0.4, 0.5) is 5.69 Å². The molecule has 2 aromatic rings. The number of thiophene rings is 1. The van der Waals surface area contributed by atoms with E-state index in [1.165, 1.54) is 11.3 Å². The zero-order valence-corrected chi connectivity index (χ0v) is 13.9. The molecular weight excluding hydrogens is 316 g/mol. The standard InChI is InChI=1S/C15H18N4O3S/c1-18-7-10(8-21-2)19-3-4-22-12-11(19)14(15(18)20)23-13(12)9-5-16-17-6-9/h5-6,10H,3-4,7-8H2,1-2H3,(H,16,17). The summed E-state index contributed by atoms with van der Waals surface area (Å²) < 4.78 is 11.3. The number of carbonyl (C=O) groups is 1. The van der Waals surface area contributed by atoms with E-state index in [4.69, 9.17) is 9.47 Å². The summed E-state index contributed by atoms with van der Waals surface area (Å²) in [6, 6.07) is 0.129. The van der Waals surface area contributed by atoms with Crippen molar-refractivity contribution in [3.8, 4) is 16.2 Å². The lowest BCUT2D eigenvalue weighted by Gasteiger charge is -2.35. The zero-order chi connectivity index (χ0) is 16.0. The molecular formula is C15H18N4O3S. The molecule has 1 atom stereocenters. The lowest BCUT2D eigenvalue weighted by atomic mass is 10.1. The first-order chi connectivity index (χ1) is 11.2. The molecule has 23 heavy (non-hydrogen) atoms. The monoisotopic (exact) mass is 334 g/mol. The fourth-order valence-electron chi connectivity index (χ4n) is 3.24. The van der Waals surface area contributed by atoms with Gasteiger partial charge in [-0.15, -0.1) is 11.3 Å². The number of hydrogen-bond acceptors (Lipinski definition) is 6. The van der Waals surface area contributed by atoms with Gasteiger partial charge in [-0.05, 0) is 0 Å². The summed E-state index contributed by atoms with van der Waals surface area (Å²) >= 11 is 1.47. The van der Waals surface area contributed by atoms with Gasteiger partial charge in [0.05, 0.1) is 30.3 Å². The Morgan fingerprint density at radius 2 is 2.39 bits per heavy atom. The Labute approximate surface area is 137 Å². The molecule has 0 saturated heterocycles. The Morgan fingerprint density at radius 1 is 1.52 bits per heavy atom. The minimum absolute atomic E-state index is 0.0371. The Bertz CT molecular complexity index is 727. The molecule has 2 aliphatic heterocycles. The van der Waals surface area contributed by atoms with Gasteiger partial charge in [0, 0.05) is 32.5 Å². The van der Waals surface area contributed by atoms with E-state index >= 15 is 0 Å². The molecule has 2 aliphatic rings. The molecule has 7 nitrogen and oxygen atoms in total. The van der Waals surface area contributed by atoms with Gasteiger partial charge < -0.3 is 19.3 Å². The summed E-state index contributed by atoms with van der Waals surface area (Å²) in [6.45, 7) is 2.59. The maximum Gasteiger partial charge on any atom is 0.266 e. The summed E-state index contributed by atoms with van der Waals surface area (Å²) in [7, 11) is 3.54. The van der Waals surface area contributed by atoms with Crippen LogP contribution in [0.3, 0.4) is 0 Å². The van der Waals surface area contributed by atoms with E-state index in [0.29, 0.717) is 19.8 Å². The average Bonchev–Trinajstić information content (AvgIpc) is 3.18. The van der Waals surface area contributed by atoms with Crippen LogP contribution in [0.5, 0.6) is 5.75 Å². The zero-order valence-electron chi connectivity index (χ0n) is 13.0. The molecule has 2 aromatic heterocycles. The SMILES string of the molecule is COCC1CN(C)C(=O)c2sc(-c3cn[nH]c3)c3c2N1CCO3. The summed E-state index contributed by atoms with van der Waals surface area (Å²) in [4.78, 5) is 18.5. The van der Waals surface area contributed by atoms with Crippen LogP contribution in [-0.2, 0) is 4.74 Å². The number of H-pyrrole nitrogens is 1. The molecule has 0 aliphatic carbocycles. The van der Waals surface area contributed by atoms with Crippen molar-refractivity contribution in [2.75, 3.05) is 45.4 Å². The van der Waals surface area contributed by atoms with Crippen LogP contribution < -0.4 is 9.64 Å². The molecule has 122 valence electrons. The third kappa shape index (κ3) is 2.21. The van der Waals surface area contributed by atoms with E-state index in [2.05, 4.69) is 15.1 Å². The van der Waals surface area contributed by atoms with Crippen molar-refractivity contribution in [1.82, 2.24) is 15.1 Å². The molecule has 0 spiro atoms. The summed E-state index contributed by atoms with van der Waals surface area (Å²) in [5.41, 5.74) is 1.85. The third-order valence-electron chi connectivity index (χ3n) is 4.29. The van der Waals surface area contributed by atoms with Crippen molar-refractivity contribution in [3.63, 3.8) is 0 Å². The van der Waals surface area contributed by atoms with Crippen LogP contribution >= 0.6 is 11.3 Å². The van der Waals surface area contributed by atoms with Crippen LogP contribution in [0.15, 0.2) is 12.4 Å². The maximum atomic E-state index is 12.8. The summed E-state index contributed by atoms with van der Waals surface area (Å²) in [5.74, 6) is 0.831. The molecule has 0 bridgehead atoms. The highest BCUT2D eigenvalue weighted by Gasteiger charge is 2.39. The molecule has 0 fully saturated rings. The quantitative estimate of drug-likeness (QED) is 0.920. The number of nitrogens with one attached hydrogen (secondary N) is 1. The van der Waals surface area contributed by atoms with E-state index in [-0.39, 0.29) is 11.9 Å². The van der Waals surface area contributed by atoms with Gasteiger partial charge in [-0.1, -0.05) is 0 Å². The first-order valence-electron chi connectivity index (χ1n) is 7.50.